The van der Waals surface area contributed by atoms with Crippen LogP contribution in [0, 0.1) is 12.7 Å². The number of benzene rings is 3. The van der Waals surface area contributed by atoms with Crippen molar-refractivity contribution in [1.29, 1.82) is 0 Å². The van der Waals surface area contributed by atoms with E-state index in [1.807, 2.05) is 20.8 Å². The smallest absolute Gasteiger partial charge is 0.300 e. The number of halogens is 1. The molecule has 1 fully saturated rings. The molecule has 180 valence electrons. The van der Waals surface area contributed by atoms with Crippen LogP contribution >= 0.6 is 0 Å². The number of methoxy groups -OCH3 is 1. The third-order valence-electron chi connectivity index (χ3n) is 5.79. The molecule has 4 rings (SSSR count). The summed E-state index contributed by atoms with van der Waals surface area (Å²) in [5.41, 5.74) is 2.03. The lowest BCUT2D eigenvalue weighted by Gasteiger charge is -2.25. The SMILES string of the molecule is COc1ccc(C2/C(=C(/O)c3ccc(OC(C)C)c(C)c3)C(=O)C(=O)N2c2ccc(F)cc2)cc1. The zero-order chi connectivity index (χ0) is 25.3. The maximum absolute atomic E-state index is 13.6. The van der Waals surface area contributed by atoms with Crippen LogP contribution in [0.1, 0.15) is 36.6 Å². The second-order valence-corrected chi connectivity index (χ2v) is 8.57. The number of ketones is 1. The summed E-state index contributed by atoms with van der Waals surface area (Å²) in [5, 5.41) is 11.3. The number of rotatable bonds is 6. The van der Waals surface area contributed by atoms with Crippen molar-refractivity contribution in [2.24, 2.45) is 0 Å². The number of amides is 1. The van der Waals surface area contributed by atoms with Crippen LogP contribution in [-0.4, -0.2) is 30.0 Å². The molecule has 6 nitrogen and oxygen atoms in total. The third kappa shape index (κ3) is 4.62. The van der Waals surface area contributed by atoms with Crippen molar-refractivity contribution < 1.29 is 28.6 Å². The van der Waals surface area contributed by atoms with Crippen molar-refractivity contribution in [3.8, 4) is 11.5 Å². The van der Waals surface area contributed by atoms with Gasteiger partial charge in [-0.15, -0.1) is 0 Å². The Bertz CT molecular complexity index is 1300. The summed E-state index contributed by atoms with van der Waals surface area (Å²) < 4.78 is 24.6. The highest BCUT2D eigenvalue weighted by molar-refractivity contribution is 6.51. The first-order valence-corrected chi connectivity index (χ1v) is 11.2. The van der Waals surface area contributed by atoms with Crippen LogP contribution in [-0.2, 0) is 9.59 Å². The Morgan fingerprint density at radius 1 is 1.00 bits per heavy atom. The summed E-state index contributed by atoms with van der Waals surface area (Å²) in [6.45, 7) is 5.67. The first-order valence-electron chi connectivity index (χ1n) is 11.2. The van der Waals surface area contributed by atoms with Crippen LogP contribution in [0.25, 0.3) is 5.76 Å². The van der Waals surface area contributed by atoms with Gasteiger partial charge in [0.05, 0.1) is 24.8 Å². The van der Waals surface area contributed by atoms with E-state index in [2.05, 4.69) is 0 Å². The predicted molar refractivity (Wildman–Crippen MR) is 131 cm³/mol. The Morgan fingerprint density at radius 3 is 2.23 bits per heavy atom. The topological polar surface area (TPSA) is 76.1 Å². The molecule has 0 radical (unpaired) electrons. The highest BCUT2D eigenvalue weighted by Crippen LogP contribution is 2.42. The van der Waals surface area contributed by atoms with Crippen LogP contribution < -0.4 is 14.4 Å². The monoisotopic (exact) mass is 475 g/mol. The van der Waals surface area contributed by atoms with Crippen molar-refractivity contribution in [3.63, 3.8) is 0 Å². The number of hydrogen-bond acceptors (Lipinski definition) is 5. The lowest BCUT2D eigenvalue weighted by Crippen LogP contribution is -2.29. The third-order valence-corrected chi connectivity index (χ3v) is 5.79. The number of hydrogen-bond donors (Lipinski definition) is 1. The molecule has 0 saturated carbocycles. The Hall–Kier alpha value is -4.13. The summed E-state index contributed by atoms with van der Waals surface area (Å²) in [4.78, 5) is 27.7. The van der Waals surface area contributed by atoms with Gasteiger partial charge in [-0.1, -0.05) is 12.1 Å². The molecule has 0 aliphatic carbocycles. The Kier molecular flexibility index (Phi) is 6.60. The summed E-state index contributed by atoms with van der Waals surface area (Å²) in [5.74, 6) is -1.14. The minimum atomic E-state index is -0.918. The maximum Gasteiger partial charge on any atom is 0.300 e. The number of aryl methyl sites for hydroxylation is 1. The van der Waals surface area contributed by atoms with Crippen molar-refractivity contribution in [1.82, 2.24) is 0 Å². The molecule has 1 aliphatic heterocycles. The molecule has 1 heterocycles. The quantitative estimate of drug-likeness (QED) is 0.287. The highest BCUT2D eigenvalue weighted by atomic mass is 19.1. The molecule has 0 spiro atoms. The van der Waals surface area contributed by atoms with Crippen LogP contribution in [0.3, 0.4) is 0 Å². The summed E-state index contributed by atoms with van der Waals surface area (Å²) in [6.07, 6.45) is -0.0238. The molecule has 1 unspecified atom stereocenters. The van der Waals surface area contributed by atoms with Gasteiger partial charge in [0.1, 0.15) is 23.1 Å². The number of aliphatic hydroxyl groups is 1. The van der Waals surface area contributed by atoms with E-state index in [0.717, 1.165) is 5.56 Å². The standard InChI is InChI=1S/C28H26FNO5/c1-16(2)35-23-14-7-19(15-17(23)3)26(31)24-25(18-5-12-22(34-4)13-6-18)30(28(33)27(24)32)21-10-8-20(29)9-11-21/h5-16,25,31H,1-4H3/b26-24-. The highest BCUT2D eigenvalue weighted by Gasteiger charge is 2.47. The van der Waals surface area contributed by atoms with E-state index >= 15 is 0 Å². The number of carbonyl (C=O) groups is 2. The number of ether oxygens (including phenoxy) is 2. The maximum atomic E-state index is 13.6. The van der Waals surface area contributed by atoms with E-state index in [1.165, 1.54) is 36.3 Å². The van der Waals surface area contributed by atoms with Gasteiger partial charge < -0.3 is 14.6 Å². The fraction of sp³-hybridized carbons (Fsp3) is 0.214. The molecule has 0 bridgehead atoms. The van der Waals surface area contributed by atoms with Crippen LogP contribution in [0.15, 0.2) is 72.3 Å². The van der Waals surface area contributed by atoms with E-state index in [9.17, 15) is 19.1 Å². The molecule has 1 N–H and O–H groups in total. The Labute approximate surface area is 203 Å². The molecular formula is C28H26FNO5. The lowest BCUT2D eigenvalue weighted by atomic mass is 9.94. The zero-order valence-electron chi connectivity index (χ0n) is 19.9. The second-order valence-electron chi connectivity index (χ2n) is 8.57. The minimum absolute atomic E-state index is 0.0238. The number of aliphatic hydroxyl groups excluding tert-OH is 1. The molecule has 7 heteroatoms. The molecule has 1 atom stereocenters. The van der Waals surface area contributed by atoms with Crippen LogP contribution in [0.2, 0.25) is 0 Å². The molecule has 35 heavy (non-hydrogen) atoms. The summed E-state index contributed by atoms with van der Waals surface area (Å²) >= 11 is 0. The number of nitrogens with zero attached hydrogens (tertiary/aromatic N) is 1. The van der Waals surface area contributed by atoms with Crippen molar-refractivity contribution in [3.05, 3.63) is 94.8 Å². The van der Waals surface area contributed by atoms with Gasteiger partial charge >= 0.3 is 0 Å². The largest absolute Gasteiger partial charge is 0.507 e. The van der Waals surface area contributed by atoms with E-state index in [-0.39, 0.29) is 17.4 Å². The van der Waals surface area contributed by atoms with Crippen molar-refractivity contribution in [2.75, 3.05) is 12.0 Å². The van der Waals surface area contributed by atoms with Gasteiger partial charge in [-0.2, -0.15) is 0 Å². The number of anilines is 1. The summed E-state index contributed by atoms with van der Waals surface area (Å²) in [6, 6.07) is 16.3. The van der Waals surface area contributed by atoms with Gasteiger partial charge in [0.25, 0.3) is 11.7 Å². The van der Waals surface area contributed by atoms with E-state index in [4.69, 9.17) is 9.47 Å². The van der Waals surface area contributed by atoms with E-state index < -0.39 is 23.5 Å². The molecule has 0 aromatic heterocycles. The predicted octanol–water partition coefficient (Wildman–Crippen LogP) is 5.56. The molecule has 1 saturated heterocycles. The zero-order valence-corrected chi connectivity index (χ0v) is 19.9. The average molecular weight is 476 g/mol. The average Bonchev–Trinajstić information content (AvgIpc) is 3.10. The lowest BCUT2D eigenvalue weighted by molar-refractivity contribution is -0.132. The molecule has 3 aromatic rings. The normalized spacial score (nSPS) is 17.2. The molecule has 1 aliphatic rings. The van der Waals surface area contributed by atoms with Gasteiger partial charge in [0.2, 0.25) is 0 Å². The van der Waals surface area contributed by atoms with Crippen LogP contribution in [0.4, 0.5) is 10.1 Å². The molecule has 3 aromatic carbocycles. The van der Waals surface area contributed by atoms with Crippen LogP contribution in [0.5, 0.6) is 11.5 Å². The van der Waals surface area contributed by atoms with E-state index in [1.54, 1.807) is 42.5 Å². The first kappa shape index (κ1) is 24.0. The Balaban J connectivity index is 1.88. The fourth-order valence-electron chi connectivity index (χ4n) is 4.14. The number of Topliss-reactive ketones (excluding diaryl/α,β-unsaturated/α-hetero) is 1. The second kappa shape index (κ2) is 9.62. The van der Waals surface area contributed by atoms with Gasteiger partial charge in [-0.3, -0.25) is 14.5 Å². The van der Waals surface area contributed by atoms with E-state index in [0.29, 0.717) is 28.3 Å². The molecular weight excluding hydrogens is 449 g/mol. The van der Waals surface area contributed by atoms with Gasteiger partial charge in [-0.05, 0) is 86.5 Å². The fourth-order valence-corrected chi connectivity index (χ4v) is 4.14. The summed E-state index contributed by atoms with van der Waals surface area (Å²) in [7, 11) is 1.54. The first-order chi connectivity index (χ1) is 16.7. The van der Waals surface area contributed by atoms with Gasteiger partial charge in [-0.25, -0.2) is 4.39 Å². The minimum Gasteiger partial charge on any atom is -0.507 e. The number of carbonyl (C=O) groups excluding carboxylic acids is 2. The molecule has 1 amide bonds. The van der Waals surface area contributed by atoms with Crippen molar-refractivity contribution in [2.45, 2.75) is 32.9 Å². The van der Waals surface area contributed by atoms with Gasteiger partial charge in [0.15, 0.2) is 0 Å². The van der Waals surface area contributed by atoms with Crippen molar-refractivity contribution >= 4 is 23.1 Å². The Morgan fingerprint density at radius 2 is 1.66 bits per heavy atom. The van der Waals surface area contributed by atoms with Gasteiger partial charge in [0, 0.05) is 11.3 Å².